The molecule has 4 N–H and O–H groups in total. The SMILES string of the molecule is Cc1ccc2nc(C(C)C)c(Oc3cnc(N)nc3N)cc2c1. The van der Waals surface area contributed by atoms with Crippen molar-refractivity contribution in [2.75, 3.05) is 11.5 Å². The van der Waals surface area contributed by atoms with E-state index in [1.165, 1.54) is 6.20 Å². The Hall–Kier alpha value is -2.89. The average Bonchev–Trinajstić information content (AvgIpc) is 2.49. The first kappa shape index (κ1) is 15.0. The molecule has 1 aromatic carbocycles. The van der Waals surface area contributed by atoms with Gasteiger partial charge in [-0.2, -0.15) is 4.98 Å². The van der Waals surface area contributed by atoms with Crippen LogP contribution in [0, 0.1) is 6.92 Å². The summed E-state index contributed by atoms with van der Waals surface area (Å²) in [6, 6.07) is 8.11. The maximum atomic E-state index is 5.94. The molecule has 0 amide bonds. The monoisotopic (exact) mass is 309 g/mol. The Morgan fingerprint density at radius 2 is 1.83 bits per heavy atom. The van der Waals surface area contributed by atoms with Gasteiger partial charge in [0.05, 0.1) is 17.4 Å². The van der Waals surface area contributed by atoms with Crippen LogP contribution in [0.2, 0.25) is 0 Å². The number of rotatable bonds is 3. The lowest BCUT2D eigenvalue weighted by molar-refractivity contribution is 0.468. The number of benzene rings is 1. The fraction of sp³-hybridized carbons (Fsp3) is 0.235. The number of pyridine rings is 1. The van der Waals surface area contributed by atoms with Crippen molar-refractivity contribution in [2.24, 2.45) is 0 Å². The normalized spacial score (nSPS) is 11.1. The summed E-state index contributed by atoms with van der Waals surface area (Å²) in [6.45, 7) is 6.18. The summed E-state index contributed by atoms with van der Waals surface area (Å²) in [4.78, 5) is 12.6. The highest BCUT2D eigenvalue weighted by Gasteiger charge is 2.15. The van der Waals surface area contributed by atoms with E-state index in [9.17, 15) is 0 Å². The lowest BCUT2D eigenvalue weighted by atomic mass is 10.1. The van der Waals surface area contributed by atoms with Crippen LogP contribution in [0.4, 0.5) is 11.8 Å². The first-order valence-corrected chi connectivity index (χ1v) is 7.41. The Morgan fingerprint density at radius 1 is 1.04 bits per heavy atom. The molecule has 0 saturated heterocycles. The molecule has 0 bridgehead atoms. The van der Waals surface area contributed by atoms with E-state index < -0.39 is 0 Å². The van der Waals surface area contributed by atoms with E-state index in [0.29, 0.717) is 11.5 Å². The molecule has 3 rings (SSSR count). The van der Waals surface area contributed by atoms with Crippen molar-refractivity contribution >= 4 is 22.7 Å². The van der Waals surface area contributed by atoms with Gasteiger partial charge in [0.25, 0.3) is 0 Å². The maximum Gasteiger partial charge on any atom is 0.222 e. The van der Waals surface area contributed by atoms with Crippen molar-refractivity contribution in [3.8, 4) is 11.5 Å². The topological polar surface area (TPSA) is 99.9 Å². The van der Waals surface area contributed by atoms with Crippen LogP contribution in [0.5, 0.6) is 11.5 Å². The number of hydrogen-bond acceptors (Lipinski definition) is 6. The number of nitrogens with zero attached hydrogens (tertiary/aromatic N) is 3. The lowest BCUT2D eigenvalue weighted by Gasteiger charge is -2.15. The number of ether oxygens (including phenoxy) is 1. The summed E-state index contributed by atoms with van der Waals surface area (Å²) >= 11 is 0. The van der Waals surface area contributed by atoms with E-state index in [2.05, 4.69) is 29.9 Å². The zero-order valence-electron chi connectivity index (χ0n) is 13.4. The van der Waals surface area contributed by atoms with E-state index in [0.717, 1.165) is 22.2 Å². The molecule has 0 aliphatic carbocycles. The second-order valence-corrected chi connectivity index (χ2v) is 5.80. The molecule has 0 unspecified atom stereocenters. The molecule has 6 nitrogen and oxygen atoms in total. The Labute approximate surface area is 134 Å². The zero-order chi connectivity index (χ0) is 16.6. The number of hydrogen-bond donors (Lipinski definition) is 2. The third kappa shape index (κ3) is 3.01. The van der Waals surface area contributed by atoms with Crippen molar-refractivity contribution in [2.45, 2.75) is 26.7 Å². The maximum absolute atomic E-state index is 5.94. The number of nitrogens with two attached hydrogens (primary N) is 2. The second kappa shape index (κ2) is 5.72. The van der Waals surface area contributed by atoms with Gasteiger partial charge in [-0.25, -0.2) is 9.97 Å². The Kier molecular flexibility index (Phi) is 3.73. The van der Waals surface area contributed by atoms with Gasteiger partial charge in [-0.1, -0.05) is 25.5 Å². The molecular weight excluding hydrogens is 290 g/mol. The van der Waals surface area contributed by atoms with Gasteiger partial charge in [0.15, 0.2) is 11.6 Å². The van der Waals surface area contributed by atoms with Crippen LogP contribution in [0.1, 0.15) is 31.0 Å². The van der Waals surface area contributed by atoms with Crippen molar-refractivity contribution in [3.63, 3.8) is 0 Å². The number of nitrogen functional groups attached to an aromatic ring is 2. The van der Waals surface area contributed by atoms with Crippen LogP contribution < -0.4 is 16.2 Å². The first-order valence-electron chi connectivity index (χ1n) is 7.41. The molecule has 0 aliphatic rings. The fourth-order valence-electron chi connectivity index (χ4n) is 2.38. The van der Waals surface area contributed by atoms with E-state index in [-0.39, 0.29) is 17.7 Å². The van der Waals surface area contributed by atoms with E-state index in [1.807, 2.05) is 25.1 Å². The van der Waals surface area contributed by atoms with Crippen molar-refractivity contribution < 1.29 is 4.74 Å². The first-order chi connectivity index (χ1) is 10.9. The van der Waals surface area contributed by atoms with Crippen LogP contribution in [-0.4, -0.2) is 15.0 Å². The average molecular weight is 309 g/mol. The molecule has 0 saturated carbocycles. The van der Waals surface area contributed by atoms with Crippen LogP contribution in [-0.2, 0) is 0 Å². The minimum atomic E-state index is 0.117. The van der Waals surface area contributed by atoms with Gasteiger partial charge in [-0.05, 0) is 31.0 Å². The number of aryl methyl sites for hydroxylation is 1. The number of anilines is 2. The molecule has 0 spiro atoms. The van der Waals surface area contributed by atoms with Gasteiger partial charge in [0, 0.05) is 5.39 Å². The molecule has 0 radical (unpaired) electrons. The number of aromatic nitrogens is 3. The van der Waals surface area contributed by atoms with Gasteiger partial charge in [-0.3, -0.25) is 0 Å². The van der Waals surface area contributed by atoms with Crippen molar-refractivity contribution in [1.82, 2.24) is 15.0 Å². The van der Waals surface area contributed by atoms with Gasteiger partial charge in [-0.15, -0.1) is 0 Å². The largest absolute Gasteiger partial charge is 0.450 e. The van der Waals surface area contributed by atoms with Crippen molar-refractivity contribution in [1.29, 1.82) is 0 Å². The molecule has 3 aromatic rings. The van der Waals surface area contributed by atoms with Crippen molar-refractivity contribution in [3.05, 3.63) is 41.7 Å². The molecule has 2 aromatic heterocycles. The molecule has 0 aliphatic heterocycles. The Balaban J connectivity index is 2.12. The molecule has 6 heteroatoms. The molecular formula is C17H19N5O. The van der Waals surface area contributed by atoms with Gasteiger partial charge in [0.2, 0.25) is 5.95 Å². The quantitative estimate of drug-likeness (QED) is 0.769. The number of fused-ring (bicyclic) bond motifs is 1. The van der Waals surface area contributed by atoms with Gasteiger partial charge >= 0.3 is 0 Å². The van der Waals surface area contributed by atoms with Crippen LogP contribution in [0.15, 0.2) is 30.5 Å². The molecule has 23 heavy (non-hydrogen) atoms. The third-order valence-electron chi connectivity index (χ3n) is 3.53. The highest BCUT2D eigenvalue weighted by atomic mass is 16.5. The Morgan fingerprint density at radius 3 is 2.52 bits per heavy atom. The predicted octanol–water partition coefficient (Wildman–Crippen LogP) is 3.41. The predicted molar refractivity (Wildman–Crippen MR) is 91.5 cm³/mol. The smallest absolute Gasteiger partial charge is 0.222 e. The van der Waals surface area contributed by atoms with Crippen LogP contribution >= 0.6 is 0 Å². The summed E-state index contributed by atoms with van der Waals surface area (Å²) in [7, 11) is 0. The van der Waals surface area contributed by atoms with E-state index in [4.69, 9.17) is 21.2 Å². The molecule has 0 atom stereocenters. The van der Waals surface area contributed by atoms with E-state index in [1.54, 1.807) is 0 Å². The minimum Gasteiger partial charge on any atom is -0.450 e. The molecule has 2 heterocycles. The highest BCUT2D eigenvalue weighted by molar-refractivity contribution is 5.81. The summed E-state index contributed by atoms with van der Waals surface area (Å²) in [5.41, 5.74) is 14.3. The summed E-state index contributed by atoms with van der Waals surface area (Å²) in [5, 5.41) is 1.01. The highest BCUT2D eigenvalue weighted by Crippen LogP contribution is 2.34. The van der Waals surface area contributed by atoms with Crippen LogP contribution in [0.25, 0.3) is 10.9 Å². The van der Waals surface area contributed by atoms with Gasteiger partial charge < -0.3 is 16.2 Å². The minimum absolute atomic E-state index is 0.117. The summed E-state index contributed by atoms with van der Waals surface area (Å²) in [6.07, 6.45) is 1.47. The standard InChI is InChI=1S/C17H19N5O/c1-9(2)15-13(23-14-8-20-17(19)22-16(14)18)7-11-6-10(3)4-5-12(11)21-15/h4-9H,1-3H3,(H4,18,19,20,22). The fourth-order valence-corrected chi connectivity index (χ4v) is 2.38. The van der Waals surface area contributed by atoms with E-state index >= 15 is 0 Å². The van der Waals surface area contributed by atoms with Crippen LogP contribution in [0.3, 0.4) is 0 Å². The van der Waals surface area contributed by atoms with Gasteiger partial charge in [0.1, 0.15) is 5.75 Å². The lowest BCUT2D eigenvalue weighted by Crippen LogP contribution is -2.03. The zero-order valence-corrected chi connectivity index (χ0v) is 13.4. The Bertz CT molecular complexity index is 876. The third-order valence-corrected chi connectivity index (χ3v) is 3.53. The second-order valence-electron chi connectivity index (χ2n) is 5.80. The molecule has 118 valence electrons. The summed E-state index contributed by atoms with van der Waals surface area (Å²) in [5.74, 6) is 1.54. The summed E-state index contributed by atoms with van der Waals surface area (Å²) < 4.78 is 5.94. The molecule has 0 fully saturated rings.